The first kappa shape index (κ1) is 23.0. The number of benzene rings is 1. The smallest absolute Gasteiger partial charge is 0.255 e. The average Bonchev–Trinajstić information content (AvgIpc) is 3.52. The number of carbonyl (C=O) groups excluding carboxylic acids is 1. The molecule has 1 aromatic carbocycles. The molecule has 9 heteroatoms. The van der Waals surface area contributed by atoms with E-state index in [1.165, 1.54) is 9.75 Å². The average molecular weight is 490 g/mol. The fourth-order valence-corrected chi connectivity index (χ4v) is 5.11. The van der Waals surface area contributed by atoms with Gasteiger partial charge in [-0.3, -0.25) is 4.79 Å². The lowest BCUT2D eigenvalue weighted by atomic mass is 10.1. The number of methoxy groups -OCH3 is 2. The molecule has 1 N–H and O–H groups in total. The van der Waals surface area contributed by atoms with Gasteiger partial charge in [0.2, 0.25) is 0 Å². The standard InChI is InChI=1S/C26H27N5O3S/c1-15-9-21(16(2)35-15)23-7-8-27-26(30-23)31-24(18-5-6-18)22(14-29-31)25(32)28-13-17-10-19(33-3)12-20(11-17)34-4/h7-12,14,18H,5-6,13H2,1-4H3,(H,28,32). The van der Waals surface area contributed by atoms with Gasteiger partial charge in [-0.1, -0.05) is 0 Å². The minimum Gasteiger partial charge on any atom is -0.497 e. The van der Waals surface area contributed by atoms with Crippen LogP contribution in [0.2, 0.25) is 0 Å². The van der Waals surface area contributed by atoms with Crippen LogP contribution in [0.1, 0.15) is 50.1 Å². The summed E-state index contributed by atoms with van der Waals surface area (Å²) in [6, 6.07) is 9.61. The Morgan fingerprint density at radius 1 is 1.14 bits per heavy atom. The molecule has 1 fully saturated rings. The number of carbonyl (C=O) groups is 1. The van der Waals surface area contributed by atoms with E-state index in [0.717, 1.165) is 35.4 Å². The van der Waals surface area contributed by atoms with E-state index in [9.17, 15) is 4.79 Å². The summed E-state index contributed by atoms with van der Waals surface area (Å²) in [4.78, 5) is 24.9. The third-order valence-corrected chi connectivity index (χ3v) is 6.99. The van der Waals surface area contributed by atoms with Crippen LogP contribution in [0.5, 0.6) is 11.5 Å². The van der Waals surface area contributed by atoms with Gasteiger partial charge in [0.15, 0.2) is 0 Å². The number of aryl methyl sites for hydroxylation is 2. The maximum absolute atomic E-state index is 13.2. The van der Waals surface area contributed by atoms with Crippen molar-refractivity contribution in [2.75, 3.05) is 14.2 Å². The summed E-state index contributed by atoms with van der Waals surface area (Å²) in [5.41, 5.74) is 4.25. The molecule has 5 rings (SSSR count). The van der Waals surface area contributed by atoms with Gasteiger partial charge in [-0.05, 0) is 56.5 Å². The zero-order chi connectivity index (χ0) is 24.5. The van der Waals surface area contributed by atoms with Crippen LogP contribution in [0, 0.1) is 13.8 Å². The van der Waals surface area contributed by atoms with E-state index in [4.69, 9.17) is 14.5 Å². The number of nitrogens with one attached hydrogen (secondary N) is 1. The van der Waals surface area contributed by atoms with Crippen LogP contribution in [0.4, 0.5) is 0 Å². The lowest BCUT2D eigenvalue weighted by Gasteiger charge is -2.11. The maximum atomic E-state index is 13.2. The van der Waals surface area contributed by atoms with E-state index in [0.29, 0.717) is 29.6 Å². The van der Waals surface area contributed by atoms with Crippen molar-refractivity contribution in [2.45, 2.75) is 39.2 Å². The van der Waals surface area contributed by atoms with Crippen molar-refractivity contribution in [3.05, 3.63) is 69.3 Å². The summed E-state index contributed by atoms with van der Waals surface area (Å²) in [5, 5.41) is 7.54. The highest BCUT2D eigenvalue weighted by Crippen LogP contribution is 2.42. The number of ether oxygens (including phenoxy) is 2. The van der Waals surface area contributed by atoms with Gasteiger partial charge in [0.05, 0.1) is 37.4 Å². The first-order valence-electron chi connectivity index (χ1n) is 11.5. The first-order chi connectivity index (χ1) is 17.0. The Labute approximate surface area is 208 Å². The fraction of sp³-hybridized carbons (Fsp3) is 0.308. The molecule has 1 saturated carbocycles. The molecule has 1 aliphatic carbocycles. The van der Waals surface area contributed by atoms with E-state index in [-0.39, 0.29) is 11.8 Å². The highest BCUT2D eigenvalue weighted by molar-refractivity contribution is 7.12. The molecule has 3 heterocycles. The topological polar surface area (TPSA) is 91.2 Å². The summed E-state index contributed by atoms with van der Waals surface area (Å²) < 4.78 is 12.4. The first-order valence-corrected chi connectivity index (χ1v) is 12.3. The van der Waals surface area contributed by atoms with Crippen LogP contribution in [-0.4, -0.2) is 39.9 Å². The molecule has 0 unspecified atom stereocenters. The molecule has 0 bridgehead atoms. The predicted octanol–water partition coefficient (Wildman–Crippen LogP) is 4.83. The van der Waals surface area contributed by atoms with E-state index in [1.54, 1.807) is 48.7 Å². The molecule has 0 atom stereocenters. The molecule has 0 saturated heterocycles. The third kappa shape index (κ3) is 4.77. The Hall–Kier alpha value is -3.72. The Morgan fingerprint density at radius 3 is 2.51 bits per heavy atom. The molecule has 180 valence electrons. The van der Waals surface area contributed by atoms with Crippen LogP contribution < -0.4 is 14.8 Å². The highest BCUT2D eigenvalue weighted by atomic mass is 32.1. The van der Waals surface area contributed by atoms with E-state index >= 15 is 0 Å². The summed E-state index contributed by atoms with van der Waals surface area (Å²) >= 11 is 1.75. The maximum Gasteiger partial charge on any atom is 0.255 e. The van der Waals surface area contributed by atoms with Gasteiger partial charge in [-0.15, -0.1) is 11.3 Å². The van der Waals surface area contributed by atoms with Crippen molar-refractivity contribution in [2.24, 2.45) is 0 Å². The zero-order valence-electron chi connectivity index (χ0n) is 20.2. The van der Waals surface area contributed by atoms with Crippen molar-refractivity contribution in [3.8, 4) is 28.7 Å². The molecular formula is C26H27N5O3S. The summed E-state index contributed by atoms with van der Waals surface area (Å²) in [6.45, 7) is 4.53. The van der Waals surface area contributed by atoms with Gasteiger partial charge >= 0.3 is 0 Å². The van der Waals surface area contributed by atoms with Gasteiger partial charge in [0.25, 0.3) is 11.9 Å². The van der Waals surface area contributed by atoms with E-state index < -0.39 is 0 Å². The minimum absolute atomic E-state index is 0.180. The van der Waals surface area contributed by atoms with Crippen molar-refractivity contribution in [1.29, 1.82) is 0 Å². The number of hydrogen-bond donors (Lipinski definition) is 1. The number of rotatable bonds is 8. The molecule has 1 amide bonds. The molecule has 0 aliphatic heterocycles. The second-order valence-electron chi connectivity index (χ2n) is 8.60. The molecule has 35 heavy (non-hydrogen) atoms. The normalized spacial score (nSPS) is 13.0. The zero-order valence-corrected chi connectivity index (χ0v) is 21.0. The number of nitrogens with zero attached hydrogens (tertiary/aromatic N) is 4. The van der Waals surface area contributed by atoms with Gasteiger partial charge < -0.3 is 14.8 Å². The summed E-state index contributed by atoms with van der Waals surface area (Å²) in [5.74, 6) is 1.92. The quantitative estimate of drug-likeness (QED) is 0.381. The second-order valence-corrected chi connectivity index (χ2v) is 10.1. The Morgan fingerprint density at radius 2 is 1.89 bits per heavy atom. The highest BCUT2D eigenvalue weighted by Gasteiger charge is 2.33. The predicted molar refractivity (Wildman–Crippen MR) is 135 cm³/mol. The summed E-state index contributed by atoms with van der Waals surface area (Å²) in [6.07, 6.45) is 5.40. The molecule has 0 radical (unpaired) electrons. The lowest BCUT2D eigenvalue weighted by Crippen LogP contribution is -2.24. The number of hydrogen-bond acceptors (Lipinski definition) is 7. The fourth-order valence-electron chi connectivity index (χ4n) is 4.17. The Kier molecular flexibility index (Phi) is 6.25. The van der Waals surface area contributed by atoms with Crippen molar-refractivity contribution < 1.29 is 14.3 Å². The van der Waals surface area contributed by atoms with Crippen molar-refractivity contribution >= 4 is 17.2 Å². The second kappa shape index (κ2) is 9.50. The molecule has 3 aromatic heterocycles. The van der Waals surface area contributed by atoms with E-state index in [2.05, 4.69) is 35.3 Å². The SMILES string of the molecule is COc1cc(CNC(=O)c2cnn(-c3nccc(-c4cc(C)sc4C)n3)c2C2CC2)cc(OC)c1. The Balaban J connectivity index is 1.42. The molecule has 0 spiro atoms. The van der Waals surface area contributed by atoms with Crippen LogP contribution in [-0.2, 0) is 6.54 Å². The van der Waals surface area contributed by atoms with Crippen LogP contribution in [0.3, 0.4) is 0 Å². The van der Waals surface area contributed by atoms with Crippen LogP contribution in [0.25, 0.3) is 17.2 Å². The van der Waals surface area contributed by atoms with E-state index in [1.807, 2.05) is 18.2 Å². The van der Waals surface area contributed by atoms with Crippen LogP contribution in [0.15, 0.2) is 42.7 Å². The van der Waals surface area contributed by atoms with Gasteiger partial charge in [0, 0.05) is 40.0 Å². The number of amides is 1. The molecule has 8 nitrogen and oxygen atoms in total. The number of aromatic nitrogens is 4. The Bertz CT molecular complexity index is 1370. The van der Waals surface area contributed by atoms with Gasteiger partial charge in [-0.25, -0.2) is 14.6 Å². The molecular weight excluding hydrogens is 462 g/mol. The van der Waals surface area contributed by atoms with Crippen molar-refractivity contribution in [3.63, 3.8) is 0 Å². The number of thiophene rings is 1. The molecule has 1 aliphatic rings. The summed E-state index contributed by atoms with van der Waals surface area (Å²) in [7, 11) is 3.21. The van der Waals surface area contributed by atoms with Gasteiger partial charge in [0.1, 0.15) is 11.5 Å². The van der Waals surface area contributed by atoms with Crippen LogP contribution >= 0.6 is 11.3 Å². The molecule has 4 aromatic rings. The largest absolute Gasteiger partial charge is 0.497 e. The monoisotopic (exact) mass is 489 g/mol. The minimum atomic E-state index is -0.180. The third-order valence-electron chi connectivity index (χ3n) is 6.03. The van der Waals surface area contributed by atoms with Gasteiger partial charge in [-0.2, -0.15) is 5.10 Å². The van der Waals surface area contributed by atoms with Crippen molar-refractivity contribution in [1.82, 2.24) is 25.1 Å². The lowest BCUT2D eigenvalue weighted by molar-refractivity contribution is 0.0949.